The molecule has 0 aromatic carbocycles. The van der Waals surface area contributed by atoms with E-state index in [4.69, 9.17) is 14.0 Å². The zero-order valence-corrected chi connectivity index (χ0v) is 37.5. The Morgan fingerprint density at radius 3 is 1.29 bits per heavy atom. The predicted molar refractivity (Wildman–Crippen MR) is 231 cm³/mol. The van der Waals surface area contributed by atoms with Crippen LogP contribution in [0.4, 0.5) is 0 Å². The second-order valence-electron chi connectivity index (χ2n) is 15.9. The average molecular weight is 806 g/mol. The Morgan fingerprint density at radius 2 is 0.855 bits per heavy atom. The fourth-order valence-electron chi connectivity index (χ4n) is 6.88. The third kappa shape index (κ3) is 50.8. The van der Waals surface area contributed by atoms with Crippen LogP contribution in [0.3, 0.4) is 0 Å². The summed E-state index contributed by atoms with van der Waals surface area (Å²) in [6.45, 7) is 10.2. The molecule has 0 saturated carbocycles. The van der Waals surface area contributed by atoms with Crippen LogP contribution < -0.4 is 0 Å². The van der Waals surface area contributed by atoms with E-state index < -0.39 is 10.1 Å². The van der Waals surface area contributed by atoms with E-state index in [1.54, 1.807) is 0 Å². The maximum absolute atomic E-state index is 12.7. The van der Waals surface area contributed by atoms with Crippen molar-refractivity contribution >= 4 is 22.1 Å². The molecule has 0 aromatic heterocycles. The van der Waals surface area contributed by atoms with Gasteiger partial charge in [0.2, 0.25) is 0 Å². The monoisotopic (exact) mass is 806 g/mol. The largest absolute Gasteiger partial charge is 0.466 e. The van der Waals surface area contributed by atoms with Crippen LogP contribution in [0.1, 0.15) is 233 Å². The topological polar surface area (TPSA) is 130 Å². The Morgan fingerprint density at radius 1 is 0.509 bits per heavy atom. The van der Waals surface area contributed by atoms with Crippen LogP contribution in [0, 0.1) is 0 Å². The molecule has 0 aliphatic carbocycles. The maximum Gasteiger partial charge on any atom is 0.306 e. The van der Waals surface area contributed by atoms with E-state index in [0.29, 0.717) is 32.2 Å². The number of carbonyl (C=O) groups excluding carboxylic acids is 2. The number of carbonyl (C=O) groups is 2. The Hall–Kier alpha value is -1.23. The van der Waals surface area contributed by atoms with Gasteiger partial charge in [-0.2, -0.15) is 8.42 Å². The number of hydrogen-bond acceptors (Lipinski definition) is 8. The van der Waals surface area contributed by atoms with E-state index in [-0.39, 0.29) is 24.6 Å². The van der Waals surface area contributed by atoms with Crippen molar-refractivity contribution in [2.75, 3.05) is 39.1 Å². The Bertz CT molecular complexity index is 893. The number of nitrogens with zero attached hydrogens (tertiary/aromatic N) is 1. The van der Waals surface area contributed by atoms with Crippen molar-refractivity contribution in [1.82, 2.24) is 4.90 Å². The van der Waals surface area contributed by atoms with E-state index in [9.17, 15) is 23.1 Å². The summed E-state index contributed by atoms with van der Waals surface area (Å²) in [7, 11) is -3.67. The van der Waals surface area contributed by atoms with Crippen molar-refractivity contribution in [1.29, 1.82) is 0 Å². The molecule has 9 nitrogen and oxygen atoms in total. The highest BCUT2D eigenvalue weighted by atomic mass is 32.2. The maximum atomic E-state index is 12.7. The molecule has 330 valence electrons. The van der Waals surface area contributed by atoms with Crippen LogP contribution in [-0.2, 0) is 29.2 Å². The summed E-state index contributed by atoms with van der Waals surface area (Å²) in [5.41, 5.74) is 0. The zero-order valence-electron chi connectivity index (χ0n) is 36.6. The minimum atomic E-state index is -3.67. The smallest absolute Gasteiger partial charge is 0.306 e. The number of aliphatic hydroxyl groups excluding tert-OH is 1. The summed E-state index contributed by atoms with van der Waals surface area (Å²) in [5, 5.41) is 9.53. The summed E-state index contributed by atoms with van der Waals surface area (Å²) in [5.74, 6) is -0.0423. The predicted octanol–water partition coefficient (Wildman–Crippen LogP) is 12.2. The summed E-state index contributed by atoms with van der Waals surface area (Å²) >= 11 is 0. The first kappa shape index (κ1) is 55.9. The SMILES string of the molecule is CCCCCCCCCCCOC(=O)CCCCCN(CCO)CCCCCCCC(=O)OC(CCCCCCCC)CCCCCCCC.CS(=O)(=O)O. The normalized spacial score (nSPS) is 11.6. The van der Waals surface area contributed by atoms with Crippen LogP contribution in [0.2, 0.25) is 0 Å². The molecule has 0 heterocycles. The molecule has 0 aliphatic rings. The second kappa shape index (κ2) is 43.9. The molecule has 0 amide bonds. The first-order chi connectivity index (χ1) is 26.6. The van der Waals surface area contributed by atoms with Crippen molar-refractivity contribution in [3.05, 3.63) is 0 Å². The molecule has 55 heavy (non-hydrogen) atoms. The van der Waals surface area contributed by atoms with Gasteiger partial charge in [-0.05, 0) is 70.9 Å². The molecule has 0 unspecified atom stereocenters. The van der Waals surface area contributed by atoms with Gasteiger partial charge in [-0.15, -0.1) is 0 Å². The molecule has 0 rings (SSSR count). The molecule has 0 aliphatic heterocycles. The number of hydrogen-bond donors (Lipinski definition) is 2. The Labute approximate surface area is 341 Å². The molecule has 0 fully saturated rings. The second-order valence-corrected chi connectivity index (χ2v) is 17.4. The Kier molecular flexibility index (Phi) is 44.6. The highest BCUT2D eigenvalue weighted by molar-refractivity contribution is 7.85. The zero-order chi connectivity index (χ0) is 41.1. The minimum Gasteiger partial charge on any atom is -0.466 e. The third-order valence-electron chi connectivity index (χ3n) is 10.2. The van der Waals surface area contributed by atoms with E-state index >= 15 is 0 Å². The summed E-state index contributed by atoms with van der Waals surface area (Å²) in [6.07, 6.45) is 39.1. The lowest BCUT2D eigenvalue weighted by atomic mass is 10.0. The number of aliphatic hydroxyl groups is 1. The molecular weight excluding hydrogens is 715 g/mol. The quantitative estimate of drug-likeness (QED) is 0.0352. The molecule has 10 heteroatoms. The van der Waals surface area contributed by atoms with E-state index in [0.717, 1.165) is 90.1 Å². The molecule has 0 aromatic rings. The van der Waals surface area contributed by atoms with Gasteiger partial charge in [-0.1, -0.05) is 162 Å². The number of unbranched alkanes of at least 4 members (excludes halogenated alkanes) is 24. The van der Waals surface area contributed by atoms with Gasteiger partial charge < -0.3 is 19.5 Å². The van der Waals surface area contributed by atoms with Gasteiger partial charge in [-0.3, -0.25) is 14.1 Å². The van der Waals surface area contributed by atoms with Crippen LogP contribution in [0.15, 0.2) is 0 Å². The van der Waals surface area contributed by atoms with Crippen molar-refractivity contribution in [2.45, 2.75) is 239 Å². The fraction of sp³-hybridized carbons (Fsp3) is 0.956. The van der Waals surface area contributed by atoms with Crippen molar-refractivity contribution < 1.29 is 37.1 Å². The lowest BCUT2D eigenvalue weighted by Gasteiger charge is -2.21. The molecule has 0 saturated heterocycles. The van der Waals surface area contributed by atoms with E-state index in [1.807, 2.05) is 0 Å². The first-order valence-corrected chi connectivity index (χ1v) is 25.0. The summed E-state index contributed by atoms with van der Waals surface area (Å²) in [6, 6.07) is 0. The lowest BCUT2D eigenvalue weighted by molar-refractivity contribution is -0.150. The van der Waals surface area contributed by atoms with Crippen LogP contribution in [0.25, 0.3) is 0 Å². The number of rotatable bonds is 41. The van der Waals surface area contributed by atoms with Gasteiger partial charge in [-0.25, -0.2) is 0 Å². The molecule has 2 N–H and O–H groups in total. The minimum absolute atomic E-state index is 0.00755. The average Bonchev–Trinajstić information content (AvgIpc) is 3.13. The molecule has 0 radical (unpaired) electrons. The highest BCUT2D eigenvalue weighted by Crippen LogP contribution is 2.18. The van der Waals surface area contributed by atoms with Gasteiger partial charge in [0.05, 0.1) is 19.5 Å². The summed E-state index contributed by atoms with van der Waals surface area (Å²) < 4.78 is 37.3. The van der Waals surface area contributed by atoms with Crippen molar-refractivity contribution in [2.24, 2.45) is 0 Å². The molecular formula is C45H91NO8S. The van der Waals surface area contributed by atoms with E-state index in [1.165, 1.54) is 122 Å². The van der Waals surface area contributed by atoms with Crippen LogP contribution in [-0.4, -0.2) is 80.1 Å². The molecule has 0 bridgehead atoms. The molecule has 0 atom stereocenters. The number of ether oxygens (including phenoxy) is 2. The molecule has 0 spiro atoms. The van der Waals surface area contributed by atoms with E-state index in [2.05, 4.69) is 25.7 Å². The van der Waals surface area contributed by atoms with Crippen LogP contribution >= 0.6 is 0 Å². The van der Waals surface area contributed by atoms with Crippen LogP contribution in [0.5, 0.6) is 0 Å². The third-order valence-corrected chi connectivity index (χ3v) is 10.2. The number of esters is 2. The van der Waals surface area contributed by atoms with Crippen molar-refractivity contribution in [3.63, 3.8) is 0 Å². The Balaban J connectivity index is 0. The van der Waals surface area contributed by atoms with Gasteiger partial charge >= 0.3 is 11.9 Å². The van der Waals surface area contributed by atoms with Gasteiger partial charge in [0.15, 0.2) is 0 Å². The van der Waals surface area contributed by atoms with Gasteiger partial charge in [0.1, 0.15) is 6.10 Å². The summed E-state index contributed by atoms with van der Waals surface area (Å²) in [4.78, 5) is 27.1. The standard InChI is InChI=1S/C44H87NO5.CH4O3S/c1-4-7-10-13-16-17-18-24-32-41-49-43(47)35-29-25-31-38-45(39-40-46)37-30-23-19-22-28-36-44(48)50-42(33-26-20-14-11-8-5-2)34-27-21-15-12-9-6-3;1-5(2,3)4/h42,46H,4-41H2,1-3H3;1H3,(H,2,3,4). The highest BCUT2D eigenvalue weighted by Gasteiger charge is 2.14. The van der Waals surface area contributed by atoms with Gasteiger partial charge in [0, 0.05) is 19.4 Å². The fourth-order valence-corrected chi connectivity index (χ4v) is 6.88. The lowest BCUT2D eigenvalue weighted by Crippen LogP contribution is -2.29. The van der Waals surface area contributed by atoms with Gasteiger partial charge in [0.25, 0.3) is 10.1 Å². The van der Waals surface area contributed by atoms with Crippen molar-refractivity contribution in [3.8, 4) is 0 Å². The first-order valence-electron chi connectivity index (χ1n) is 23.2.